The molecular weight excluding hydrogens is 264 g/mol. The minimum Gasteiger partial charge on any atom is -0.465 e. The van der Waals surface area contributed by atoms with Gasteiger partial charge in [0.1, 0.15) is 0 Å². The van der Waals surface area contributed by atoms with Gasteiger partial charge in [-0.2, -0.15) is 0 Å². The van der Waals surface area contributed by atoms with Crippen LogP contribution in [-0.2, 0) is 4.74 Å². The topological polar surface area (TPSA) is 46.5 Å². The number of hydrogen-bond acceptors (Lipinski definition) is 3. The number of carbonyl (C=O) groups is 1. The molecule has 1 atom stereocenters. The number of aliphatic hydroxyl groups is 1. The van der Waals surface area contributed by atoms with E-state index in [9.17, 15) is 9.90 Å². The monoisotopic (exact) mass is 280 g/mol. The van der Waals surface area contributed by atoms with Crippen LogP contribution in [0.1, 0.15) is 34.0 Å². The highest BCUT2D eigenvalue weighted by atomic mass is 16.5. The molecule has 0 spiro atoms. The van der Waals surface area contributed by atoms with Gasteiger partial charge in [-0.05, 0) is 29.8 Å². The first-order valence-corrected chi connectivity index (χ1v) is 6.61. The van der Waals surface area contributed by atoms with Crippen molar-refractivity contribution in [3.63, 3.8) is 0 Å². The van der Waals surface area contributed by atoms with Gasteiger partial charge in [0, 0.05) is 12.0 Å². The highest BCUT2D eigenvalue weighted by Gasteiger charge is 2.08. The number of benzene rings is 2. The number of rotatable bonds is 3. The van der Waals surface area contributed by atoms with Crippen LogP contribution in [0.5, 0.6) is 0 Å². The standard InChI is InChI=1S/C18H16O3/c1-21-18(20)16-12-10-15(11-13-16)17(19)9-5-8-14-6-3-2-4-7-14/h2-4,6-7,10-13,17,19H,9H2,1H3. The fourth-order valence-corrected chi connectivity index (χ4v) is 1.85. The second kappa shape index (κ2) is 7.28. The molecule has 1 N–H and O–H groups in total. The zero-order valence-electron chi connectivity index (χ0n) is 11.7. The zero-order chi connectivity index (χ0) is 15.1. The van der Waals surface area contributed by atoms with Crippen molar-refractivity contribution in [3.8, 4) is 11.8 Å². The maximum Gasteiger partial charge on any atom is 0.337 e. The van der Waals surface area contributed by atoms with Gasteiger partial charge in [-0.15, -0.1) is 0 Å². The molecule has 2 rings (SSSR count). The summed E-state index contributed by atoms with van der Waals surface area (Å²) in [5.41, 5.74) is 2.11. The van der Waals surface area contributed by atoms with Gasteiger partial charge in [0.15, 0.2) is 0 Å². The second-order valence-corrected chi connectivity index (χ2v) is 4.50. The van der Waals surface area contributed by atoms with Crippen LogP contribution in [0.15, 0.2) is 54.6 Å². The van der Waals surface area contributed by atoms with Crippen molar-refractivity contribution < 1.29 is 14.6 Å². The summed E-state index contributed by atoms with van der Waals surface area (Å²) in [6.45, 7) is 0. The van der Waals surface area contributed by atoms with Gasteiger partial charge >= 0.3 is 5.97 Å². The average Bonchev–Trinajstić information content (AvgIpc) is 2.55. The van der Waals surface area contributed by atoms with Crippen molar-refractivity contribution in [3.05, 3.63) is 71.3 Å². The van der Waals surface area contributed by atoms with E-state index in [0.717, 1.165) is 11.1 Å². The van der Waals surface area contributed by atoms with Crippen molar-refractivity contribution in [1.29, 1.82) is 0 Å². The van der Waals surface area contributed by atoms with Crippen molar-refractivity contribution in [2.24, 2.45) is 0 Å². The van der Waals surface area contributed by atoms with Gasteiger partial charge in [0.25, 0.3) is 0 Å². The Kier molecular flexibility index (Phi) is 5.14. The minimum atomic E-state index is -0.673. The summed E-state index contributed by atoms with van der Waals surface area (Å²) in [4.78, 5) is 11.3. The van der Waals surface area contributed by atoms with E-state index in [1.807, 2.05) is 30.3 Å². The van der Waals surface area contributed by atoms with Crippen LogP contribution in [-0.4, -0.2) is 18.2 Å². The lowest BCUT2D eigenvalue weighted by atomic mass is 10.0. The predicted molar refractivity (Wildman–Crippen MR) is 80.7 cm³/mol. The first kappa shape index (κ1) is 14.8. The van der Waals surface area contributed by atoms with Gasteiger partial charge < -0.3 is 9.84 Å². The molecule has 21 heavy (non-hydrogen) atoms. The fourth-order valence-electron chi connectivity index (χ4n) is 1.85. The Morgan fingerprint density at radius 2 is 1.81 bits per heavy atom. The zero-order valence-corrected chi connectivity index (χ0v) is 11.7. The number of hydrogen-bond donors (Lipinski definition) is 1. The number of ether oxygens (including phenoxy) is 1. The van der Waals surface area contributed by atoms with Crippen LogP contribution in [0.25, 0.3) is 0 Å². The summed E-state index contributed by atoms with van der Waals surface area (Å²) in [5, 5.41) is 10.1. The maximum atomic E-state index is 11.3. The molecule has 0 saturated carbocycles. The Hall–Kier alpha value is -2.57. The Morgan fingerprint density at radius 3 is 2.43 bits per heavy atom. The smallest absolute Gasteiger partial charge is 0.337 e. The molecular formula is C18H16O3. The van der Waals surface area contributed by atoms with Crippen LogP contribution >= 0.6 is 0 Å². The minimum absolute atomic E-state index is 0.340. The lowest BCUT2D eigenvalue weighted by Gasteiger charge is -2.07. The van der Waals surface area contributed by atoms with Crippen molar-refractivity contribution >= 4 is 5.97 Å². The molecule has 0 aliphatic heterocycles. The normalized spacial score (nSPS) is 11.1. The van der Waals surface area contributed by atoms with E-state index in [1.54, 1.807) is 24.3 Å². The van der Waals surface area contributed by atoms with E-state index in [2.05, 4.69) is 16.6 Å². The van der Waals surface area contributed by atoms with Gasteiger partial charge in [0.05, 0.1) is 18.8 Å². The lowest BCUT2D eigenvalue weighted by molar-refractivity contribution is 0.0600. The van der Waals surface area contributed by atoms with Crippen molar-refractivity contribution in [2.75, 3.05) is 7.11 Å². The predicted octanol–water partition coefficient (Wildman–Crippen LogP) is 2.95. The quantitative estimate of drug-likeness (QED) is 0.694. The third kappa shape index (κ3) is 4.20. The Balaban J connectivity index is 1.99. The van der Waals surface area contributed by atoms with Crippen LogP contribution in [0.4, 0.5) is 0 Å². The third-order valence-electron chi connectivity index (χ3n) is 3.02. The second-order valence-electron chi connectivity index (χ2n) is 4.50. The number of esters is 1. The Morgan fingerprint density at radius 1 is 1.14 bits per heavy atom. The third-order valence-corrected chi connectivity index (χ3v) is 3.02. The number of carbonyl (C=O) groups excluding carboxylic acids is 1. The maximum absolute atomic E-state index is 11.3. The molecule has 0 amide bonds. The molecule has 1 unspecified atom stereocenters. The summed E-state index contributed by atoms with van der Waals surface area (Å²) in [5.74, 6) is 5.57. The highest BCUT2D eigenvalue weighted by Crippen LogP contribution is 2.17. The molecule has 3 heteroatoms. The number of methoxy groups -OCH3 is 1. The molecule has 0 heterocycles. The van der Waals surface area contributed by atoms with E-state index < -0.39 is 6.10 Å². The SMILES string of the molecule is COC(=O)c1ccc(C(O)CC#Cc2ccccc2)cc1. The number of aliphatic hydroxyl groups excluding tert-OH is 1. The summed E-state index contributed by atoms with van der Waals surface area (Å²) >= 11 is 0. The summed E-state index contributed by atoms with van der Waals surface area (Å²) in [6, 6.07) is 16.3. The van der Waals surface area contributed by atoms with E-state index in [4.69, 9.17) is 0 Å². The van der Waals surface area contributed by atoms with E-state index in [0.29, 0.717) is 12.0 Å². The van der Waals surface area contributed by atoms with Crippen molar-refractivity contribution in [1.82, 2.24) is 0 Å². The Labute approximate surface area is 124 Å². The molecule has 0 radical (unpaired) electrons. The van der Waals surface area contributed by atoms with Crippen molar-refractivity contribution in [2.45, 2.75) is 12.5 Å². The molecule has 0 aromatic heterocycles. The molecule has 0 saturated heterocycles. The van der Waals surface area contributed by atoms with E-state index in [-0.39, 0.29) is 5.97 Å². The van der Waals surface area contributed by atoms with Crippen LogP contribution < -0.4 is 0 Å². The summed E-state index contributed by atoms with van der Waals surface area (Å²) in [6.07, 6.45) is -0.333. The Bertz CT molecular complexity index is 648. The summed E-state index contributed by atoms with van der Waals surface area (Å²) in [7, 11) is 1.34. The van der Waals surface area contributed by atoms with E-state index >= 15 is 0 Å². The molecule has 0 aliphatic rings. The van der Waals surface area contributed by atoms with Gasteiger partial charge in [-0.3, -0.25) is 0 Å². The molecule has 0 aliphatic carbocycles. The molecule has 2 aromatic carbocycles. The van der Waals surface area contributed by atoms with Gasteiger partial charge in [-0.1, -0.05) is 42.2 Å². The first-order valence-electron chi connectivity index (χ1n) is 6.61. The molecule has 0 bridgehead atoms. The fraction of sp³-hybridized carbons (Fsp3) is 0.167. The van der Waals surface area contributed by atoms with E-state index in [1.165, 1.54) is 7.11 Å². The van der Waals surface area contributed by atoms with Gasteiger partial charge in [0.2, 0.25) is 0 Å². The lowest BCUT2D eigenvalue weighted by Crippen LogP contribution is -2.02. The first-order chi connectivity index (χ1) is 10.2. The van der Waals surface area contributed by atoms with Crippen LogP contribution in [0.3, 0.4) is 0 Å². The highest BCUT2D eigenvalue weighted by molar-refractivity contribution is 5.89. The van der Waals surface area contributed by atoms with Crippen LogP contribution in [0.2, 0.25) is 0 Å². The molecule has 0 fully saturated rings. The van der Waals surface area contributed by atoms with Gasteiger partial charge in [-0.25, -0.2) is 4.79 Å². The summed E-state index contributed by atoms with van der Waals surface area (Å²) < 4.78 is 4.63. The average molecular weight is 280 g/mol. The molecule has 106 valence electrons. The molecule has 3 nitrogen and oxygen atoms in total. The molecule has 2 aromatic rings. The van der Waals surface area contributed by atoms with Crippen LogP contribution in [0, 0.1) is 11.8 Å². The largest absolute Gasteiger partial charge is 0.465 e.